The minimum absolute atomic E-state index is 0.174. The quantitative estimate of drug-likeness (QED) is 0.906. The summed E-state index contributed by atoms with van der Waals surface area (Å²) in [6, 6.07) is 9.39. The van der Waals surface area contributed by atoms with Crippen LogP contribution in [-0.4, -0.2) is 36.5 Å². The number of nitrogens with one attached hydrogen (secondary N) is 1. The smallest absolute Gasteiger partial charge is 0.287 e. The van der Waals surface area contributed by atoms with Gasteiger partial charge >= 0.3 is 0 Å². The van der Waals surface area contributed by atoms with Crippen molar-refractivity contribution >= 4 is 5.91 Å². The summed E-state index contributed by atoms with van der Waals surface area (Å²) in [5, 5.41) is 3.10. The second-order valence-corrected chi connectivity index (χ2v) is 6.73. The Bertz CT molecular complexity index is 735. The summed E-state index contributed by atoms with van der Waals surface area (Å²) in [6.07, 6.45) is 2.31. The van der Waals surface area contributed by atoms with E-state index in [9.17, 15) is 9.18 Å². The number of piperidine rings is 3. The molecule has 1 aromatic heterocycles. The van der Waals surface area contributed by atoms with Crippen LogP contribution < -0.4 is 10.1 Å². The summed E-state index contributed by atoms with van der Waals surface area (Å²) >= 11 is 0. The maximum atomic E-state index is 12.9. The maximum Gasteiger partial charge on any atom is 0.287 e. The molecule has 5 rings (SSSR count). The number of ether oxygens (including phenoxy) is 1. The minimum Gasteiger partial charge on any atom is -0.486 e. The van der Waals surface area contributed by atoms with Crippen LogP contribution in [-0.2, 0) is 6.61 Å². The highest BCUT2D eigenvalue weighted by atomic mass is 19.1. The Morgan fingerprint density at radius 2 is 1.96 bits per heavy atom. The van der Waals surface area contributed by atoms with Crippen LogP contribution in [0.4, 0.5) is 4.39 Å². The predicted molar refractivity (Wildman–Crippen MR) is 89.9 cm³/mol. The Balaban J connectivity index is 1.32. The highest BCUT2D eigenvalue weighted by Gasteiger charge is 2.35. The lowest BCUT2D eigenvalue weighted by Gasteiger charge is -2.44. The van der Waals surface area contributed by atoms with Gasteiger partial charge in [-0.2, -0.15) is 0 Å². The lowest BCUT2D eigenvalue weighted by atomic mass is 9.84. The van der Waals surface area contributed by atoms with Gasteiger partial charge in [0.05, 0.1) is 0 Å². The fourth-order valence-electron chi connectivity index (χ4n) is 3.63. The molecule has 2 aromatic rings. The molecule has 1 aromatic carbocycles. The number of rotatable bonds is 5. The molecular weight excluding hydrogens is 323 g/mol. The Morgan fingerprint density at radius 3 is 2.64 bits per heavy atom. The van der Waals surface area contributed by atoms with Gasteiger partial charge in [0.2, 0.25) is 0 Å². The molecule has 4 heterocycles. The third-order valence-corrected chi connectivity index (χ3v) is 5.05. The zero-order chi connectivity index (χ0) is 17.2. The predicted octanol–water partition coefficient (Wildman–Crippen LogP) is 2.82. The van der Waals surface area contributed by atoms with Crippen LogP contribution >= 0.6 is 0 Å². The molecule has 1 N–H and O–H groups in total. The van der Waals surface area contributed by atoms with Crippen molar-refractivity contribution in [3.8, 4) is 5.75 Å². The molecule has 132 valence electrons. The molecule has 6 heteroatoms. The molecule has 3 aliphatic rings. The molecule has 5 nitrogen and oxygen atoms in total. The van der Waals surface area contributed by atoms with Gasteiger partial charge in [-0.3, -0.25) is 4.79 Å². The van der Waals surface area contributed by atoms with Gasteiger partial charge in [-0.05, 0) is 68.2 Å². The first-order valence-corrected chi connectivity index (χ1v) is 8.68. The van der Waals surface area contributed by atoms with Crippen LogP contribution in [0.1, 0.15) is 29.2 Å². The first kappa shape index (κ1) is 16.1. The summed E-state index contributed by atoms with van der Waals surface area (Å²) < 4.78 is 24.0. The van der Waals surface area contributed by atoms with Crippen LogP contribution in [0.3, 0.4) is 0 Å². The molecule has 1 amide bonds. The van der Waals surface area contributed by atoms with Crippen LogP contribution in [0.5, 0.6) is 5.75 Å². The molecule has 25 heavy (non-hydrogen) atoms. The van der Waals surface area contributed by atoms with Crippen molar-refractivity contribution in [2.75, 3.05) is 19.6 Å². The molecule has 0 spiro atoms. The molecule has 0 saturated carbocycles. The van der Waals surface area contributed by atoms with Gasteiger partial charge in [0.25, 0.3) is 5.91 Å². The van der Waals surface area contributed by atoms with Gasteiger partial charge in [0.15, 0.2) is 5.76 Å². The molecule has 3 aliphatic heterocycles. The standard InChI is InChI=1S/C19H21FN2O3/c20-14-1-3-15(4-2-14)24-12-16-5-6-18(25-16)19(23)21-17-11-22-9-7-13(17)8-10-22/h1-6,13,17H,7-12H2,(H,21,23). The summed E-state index contributed by atoms with van der Waals surface area (Å²) in [4.78, 5) is 14.8. The highest BCUT2D eigenvalue weighted by Crippen LogP contribution is 2.27. The Hall–Kier alpha value is -2.34. The van der Waals surface area contributed by atoms with E-state index in [1.54, 1.807) is 24.3 Å². The zero-order valence-corrected chi connectivity index (χ0v) is 13.9. The van der Waals surface area contributed by atoms with E-state index in [2.05, 4.69) is 10.2 Å². The number of carbonyl (C=O) groups is 1. The first-order chi connectivity index (χ1) is 12.2. The third-order valence-electron chi connectivity index (χ3n) is 5.05. The highest BCUT2D eigenvalue weighted by molar-refractivity contribution is 5.91. The van der Waals surface area contributed by atoms with Crippen molar-refractivity contribution in [1.82, 2.24) is 10.2 Å². The minimum atomic E-state index is -0.308. The normalized spacial score (nSPS) is 24.9. The Morgan fingerprint density at radius 1 is 1.20 bits per heavy atom. The lowest BCUT2D eigenvalue weighted by molar-refractivity contribution is 0.0604. The number of hydrogen-bond acceptors (Lipinski definition) is 4. The van der Waals surface area contributed by atoms with Crippen molar-refractivity contribution in [3.63, 3.8) is 0 Å². The largest absolute Gasteiger partial charge is 0.486 e. The third kappa shape index (κ3) is 3.69. The van der Waals surface area contributed by atoms with E-state index < -0.39 is 0 Å². The van der Waals surface area contributed by atoms with Gasteiger partial charge in [0.1, 0.15) is 23.9 Å². The lowest BCUT2D eigenvalue weighted by Crippen LogP contribution is -2.57. The van der Waals surface area contributed by atoms with Crippen LogP contribution in [0.2, 0.25) is 0 Å². The zero-order valence-electron chi connectivity index (χ0n) is 13.9. The maximum absolute atomic E-state index is 12.9. The van der Waals surface area contributed by atoms with Crippen LogP contribution in [0.15, 0.2) is 40.8 Å². The average molecular weight is 344 g/mol. The number of hydrogen-bond donors (Lipinski definition) is 1. The Labute approximate surface area is 145 Å². The van der Waals surface area contributed by atoms with Crippen molar-refractivity contribution in [2.24, 2.45) is 5.92 Å². The number of carbonyl (C=O) groups excluding carboxylic acids is 1. The SMILES string of the molecule is O=C(NC1CN2CCC1CC2)c1ccc(COc2ccc(F)cc2)o1. The van der Waals surface area contributed by atoms with E-state index >= 15 is 0 Å². The molecule has 0 aliphatic carbocycles. The fraction of sp³-hybridized carbons (Fsp3) is 0.421. The van der Waals surface area contributed by atoms with Crippen LogP contribution in [0, 0.1) is 11.7 Å². The summed E-state index contributed by atoms with van der Waals surface area (Å²) in [5.41, 5.74) is 0. The van der Waals surface area contributed by atoms with E-state index in [1.807, 2.05) is 0 Å². The van der Waals surface area contributed by atoms with Gasteiger partial charge in [-0.25, -0.2) is 4.39 Å². The summed E-state index contributed by atoms with van der Waals surface area (Å²) in [6.45, 7) is 3.40. The van der Waals surface area contributed by atoms with Crippen molar-refractivity contribution < 1.29 is 18.3 Å². The molecule has 3 fully saturated rings. The number of furan rings is 1. The van der Waals surface area contributed by atoms with Crippen molar-refractivity contribution in [1.29, 1.82) is 0 Å². The summed E-state index contributed by atoms with van der Waals surface area (Å²) in [7, 11) is 0. The molecule has 0 radical (unpaired) electrons. The van der Waals surface area contributed by atoms with E-state index in [4.69, 9.17) is 9.15 Å². The molecule has 2 bridgehead atoms. The van der Waals surface area contributed by atoms with Gasteiger partial charge < -0.3 is 19.4 Å². The van der Waals surface area contributed by atoms with E-state index in [0.29, 0.717) is 23.2 Å². The Kier molecular flexibility index (Phi) is 4.44. The number of halogens is 1. The van der Waals surface area contributed by atoms with Gasteiger partial charge in [0, 0.05) is 12.6 Å². The van der Waals surface area contributed by atoms with E-state index in [0.717, 1.165) is 32.5 Å². The van der Waals surface area contributed by atoms with Crippen molar-refractivity contribution in [3.05, 3.63) is 53.7 Å². The topological polar surface area (TPSA) is 54.7 Å². The first-order valence-electron chi connectivity index (χ1n) is 8.68. The van der Waals surface area contributed by atoms with E-state index in [1.165, 1.54) is 12.1 Å². The number of fused-ring (bicyclic) bond motifs is 3. The monoisotopic (exact) mass is 344 g/mol. The second-order valence-electron chi connectivity index (χ2n) is 6.73. The number of amides is 1. The molecule has 1 atom stereocenters. The van der Waals surface area contributed by atoms with Crippen LogP contribution in [0.25, 0.3) is 0 Å². The van der Waals surface area contributed by atoms with Crippen molar-refractivity contribution in [2.45, 2.75) is 25.5 Å². The molecule has 1 unspecified atom stereocenters. The van der Waals surface area contributed by atoms with Gasteiger partial charge in [-0.1, -0.05) is 0 Å². The number of benzene rings is 1. The second kappa shape index (κ2) is 6.88. The average Bonchev–Trinajstić information content (AvgIpc) is 3.11. The van der Waals surface area contributed by atoms with E-state index in [-0.39, 0.29) is 24.4 Å². The summed E-state index contributed by atoms with van der Waals surface area (Å²) in [5.74, 6) is 1.50. The number of nitrogens with zero attached hydrogens (tertiary/aromatic N) is 1. The molecular formula is C19H21FN2O3. The molecule has 3 saturated heterocycles. The fourth-order valence-corrected chi connectivity index (χ4v) is 3.63. The van der Waals surface area contributed by atoms with Gasteiger partial charge in [-0.15, -0.1) is 0 Å².